The van der Waals surface area contributed by atoms with Gasteiger partial charge in [0.2, 0.25) is 17.7 Å². The normalized spacial score (nSPS) is 22.5. The smallest absolute Gasteiger partial charge is 0.250 e. The third-order valence-corrected chi connectivity index (χ3v) is 6.07. The van der Waals surface area contributed by atoms with Crippen LogP contribution in [0.1, 0.15) is 29.9 Å². The SMILES string of the molecule is CNC(=O)CN1C(=O)[C@H](NC(=O)[C@@H]2CCC(=O)N2)[C@H](c2ccccc2)Cc2ccccc21. The molecule has 4 amide bonds. The van der Waals surface area contributed by atoms with Gasteiger partial charge < -0.3 is 20.9 Å². The van der Waals surface area contributed by atoms with Gasteiger partial charge in [0.1, 0.15) is 18.6 Å². The van der Waals surface area contributed by atoms with Gasteiger partial charge in [-0.1, -0.05) is 48.5 Å². The summed E-state index contributed by atoms with van der Waals surface area (Å²) in [5.41, 5.74) is 2.50. The third kappa shape index (κ3) is 4.34. The lowest BCUT2D eigenvalue weighted by Crippen LogP contribution is -2.55. The number of hydrogen-bond donors (Lipinski definition) is 3. The summed E-state index contributed by atoms with van der Waals surface area (Å²) in [7, 11) is 1.52. The molecule has 0 spiro atoms. The van der Waals surface area contributed by atoms with Crippen molar-refractivity contribution in [3.05, 3.63) is 65.7 Å². The Morgan fingerprint density at radius 1 is 1.06 bits per heavy atom. The first-order valence-electron chi connectivity index (χ1n) is 10.7. The van der Waals surface area contributed by atoms with E-state index in [1.165, 1.54) is 11.9 Å². The number of anilines is 1. The Labute approximate surface area is 186 Å². The minimum Gasteiger partial charge on any atom is -0.358 e. The zero-order valence-corrected chi connectivity index (χ0v) is 17.8. The number of fused-ring (bicyclic) bond motifs is 1. The van der Waals surface area contributed by atoms with Gasteiger partial charge in [-0.15, -0.1) is 0 Å². The van der Waals surface area contributed by atoms with E-state index in [9.17, 15) is 19.2 Å². The van der Waals surface area contributed by atoms with E-state index in [4.69, 9.17) is 0 Å². The zero-order valence-electron chi connectivity index (χ0n) is 17.8. The maximum absolute atomic E-state index is 13.8. The van der Waals surface area contributed by atoms with Crippen LogP contribution in [0.5, 0.6) is 0 Å². The number of nitrogens with one attached hydrogen (secondary N) is 3. The summed E-state index contributed by atoms with van der Waals surface area (Å²) in [4.78, 5) is 52.1. The first-order chi connectivity index (χ1) is 15.5. The molecule has 2 aliphatic rings. The molecule has 8 heteroatoms. The molecule has 2 aromatic carbocycles. The standard InChI is InChI=1S/C24H26N4O4/c1-25-21(30)14-28-19-10-6-5-9-16(19)13-17(15-7-3-2-4-8-15)22(24(28)32)27-23(31)18-11-12-20(29)26-18/h2-10,17-18,22H,11-14H2,1H3,(H,25,30)(H,26,29)(H,27,31)/t17-,18-,22+/m0/s1. The molecule has 1 saturated heterocycles. The van der Waals surface area contributed by atoms with Crippen LogP contribution in [-0.4, -0.2) is 49.3 Å². The van der Waals surface area contributed by atoms with Crippen molar-refractivity contribution in [2.24, 2.45) is 0 Å². The Kier molecular flexibility index (Phi) is 6.20. The van der Waals surface area contributed by atoms with Gasteiger partial charge in [-0.25, -0.2) is 0 Å². The Balaban J connectivity index is 1.74. The second kappa shape index (κ2) is 9.21. The molecule has 0 saturated carbocycles. The molecule has 2 heterocycles. The molecule has 2 aromatic rings. The molecule has 0 unspecified atom stereocenters. The van der Waals surface area contributed by atoms with Crippen LogP contribution in [0.4, 0.5) is 5.69 Å². The van der Waals surface area contributed by atoms with Crippen LogP contribution in [0, 0.1) is 0 Å². The molecule has 166 valence electrons. The molecule has 3 N–H and O–H groups in total. The summed E-state index contributed by atoms with van der Waals surface area (Å²) in [5.74, 6) is -1.56. The number of rotatable bonds is 5. The monoisotopic (exact) mass is 434 g/mol. The van der Waals surface area contributed by atoms with Gasteiger partial charge in [-0.3, -0.25) is 19.2 Å². The van der Waals surface area contributed by atoms with Crippen LogP contribution >= 0.6 is 0 Å². The molecule has 0 radical (unpaired) electrons. The maximum Gasteiger partial charge on any atom is 0.250 e. The number of nitrogens with zero attached hydrogens (tertiary/aromatic N) is 1. The second-order valence-corrected chi connectivity index (χ2v) is 8.09. The fourth-order valence-electron chi connectivity index (χ4n) is 4.38. The number of hydrogen-bond acceptors (Lipinski definition) is 4. The summed E-state index contributed by atoms with van der Waals surface area (Å²) in [6, 6.07) is 15.5. The van der Waals surface area contributed by atoms with Crippen molar-refractivity contribution in [1.29, 1.82) is 0 Å². The minimum atomic E-state index is -0.889. The van der Waals surface area contributed by atoms with Crippen LogP contribution in [0.3, 0.4) is 0 Å². The third-order valence-electron chi connectivity index (χ3n) is 6.07. The van der Waals surface area contributed by atoms with E-state index in [-0.39, 0.29) is 42.5 Å². The summed E-state index contributed by atoms with van der Waals surface area (Å²) in [6.07, 6.45) is 1.19. The van der Waals surface area contributed by atoms with Crippen molar-refractivity contribution in [2.75, 3.05) is 18.5 Å². The fraction of sp³-hybridized carbons (Fsp3) is 0.333. The lowest BCUT2D eigenvalue weighted by Gasteiger charge is -2.29. The van der Waals surface area contributed by atoms with E-state index in [1.54, 1.807) is 0 Å². The summed E-state index contributed by atoms with van der Waals surface area (Å²) in [6.45, 7) is -0.152. The van der Waals surface area contributed by atoms with Gasteiger partial charge in [-0.2, -0.15) is 0 Å². The number of carbonyl (C=O) groups is 4. The maximum atomic E-state index is 13.8. The van der Waals surface area contributed by atoms with Crippen molar-refractivity contribution in [3.63, 3.8) is 0 Å². The Bertz CT molecular complexity index is 1040. The van der Waals surface area contributed by atoms with E-state index in [0.29, 0.717) is 18.5 Å². The highest BCUT2D eigenvalue weighted by molar-refractivity contribution is 6.05. The highest BCUT2D eigenvalue weighted by atomic mass is 16.2. The van der Waals surface area contributed by atoms with E-state index < -0.39 is 12.1 Å². The van der Waals surface area contributed by atoms with Crippen LogP contribution in [0.15, 0.2) is 54.6 Å². The Hall–Kier alpha value is -3.68. The van der Waals surface area contributed by atoms with Crippen LogP contribution in [-0.2, 0) is 25.6 Å². The van der Waals surface area contributed by atoms with Gasteiger partial charge in [0.15, 0.2) is 0 Å². The van der Waals surface area contributed by atoms with Crippen molar-refractivity contribution in [3.8, 4) is 0 Å². The molecule has 0 aromatic heterocycles. The minimum absolute atomic E-state index is 0.152. The largest absolute Gasteiger partial charge is 0.358 e. The molecule has 0 bridgehead atoms. The fourth-order valence-corrected chi connectivity index (χ4v) is 4.38. The predicted octanol–water partition coefficient (Wildman–Crippen LogP) is 0.869. The molecule has 3 atom stereocenters. The number of likely N-dealkylation sites (N-methyl/N-ethyl adjacent to an activating group) is 1. The topological polar surface area (TPSA) is 108 Å². The van der Waals surface area contributed by atoms with Crippen LogP contribution in [0.25, 0.3) is 0 Å². The van der Waals surface area contributed by atoms with Crippen molar-refractivity contribution >= 4 is 29.3 Å². The molecule has 2 aliphatic heterocycles. The lowest BCUT2D eigenvalue weighted by atomic mass is 9.86. The van der Waals surface area contributed by atoms with Crippen molar-refractivity contribution in [2.45, 2.75) is 37.3 Å². The van der Waals surface area contributed by atoms with E-state index in [1.807, 2.05) is 54.6 Å². The first kappa shape index (κ1) is 21.5. The van der Waals surface area contributed by atoms with Gasteiger partial charge in [0.25, 0.3) is 5.91 Å². The average Bonchev–Trinajstić information content (AvgIpc) is 3.22. The molecule has 8 nitrogen and oxygen atoms in total. The van der Waals surface area contributed by atoms with Crippen LogP contribution < -0.4 is 20.9 Å². The van der Waals surface area contributed by atoms with E-state index in [2.05, 4.69) is 16.0 Å². The number of benzene rings is 2. The molecule has 32 heavy (non-hydrogen) atoms. The lowest BCUT2D eigenvalue weighted by molar-refractivity contribution is -0.130. The first-order valence-corrected chi connectivity index (χ1v) is 10.7. The molecule has 1 fully saturated rings. The predicted molar refractivity (Wildman–Crippen MR) is 119 cm³/mol. The average molecular weight is 434 g/mol. The number of carbonyl (C=O) groups excluding carboxylic acids is 4. The zero-order chi connectivity index (χ0) is 22.7. The molecular formula is C24H26N4O4. The van der Waals surface area contributed by atoms with Gasteiger partial charge in [0.05, 0.1) is 0 Å². The highest BCUT2D eigenvalue weighted by Crippen LogP contribution is 2.35. The van der Waals surface area contributed by atoms with Crippen molar-refractivity contribution in [1.82, 2.24) is 16.0 Å². The summed E-state index contributed by atoms with van der Waals surface area (Å²) in [5, 5.41) is 8.12. The molecular weight excluding hydrogens is 408 g/mol. The van der Waals surface area contributed by atoms with Gasteiger partial charge in [-0.05, 0) is 30.0 Å². The summed E-state index contributed by atoms with van der Waals surface area (Å²) >= 11 is 0. The molecule has 0 aliphatic carbocycles. The van der Waals surface area contributed by atoms with E-state index >= 15 is 0 Å². The quantitative estimate of drug-likeness (QED) is 0.649. The summed E-state index contributed by atoms with van der Waals surface area (Å²) < 4.78 is 0. The number of amides is 4. The van der Waals surface area contributed by atoms with Gasteiger partial charge >= 0.3 is 0 Å². The Morgan fingerprint density at radius 3 is 2.47 bits per heavy atom. The Morgan fingerprint density at radius 2 is 1.78 bits per heavy atom. The van der Waals surface area contributed by atoms with Gasteiger partial charge in [0, 0.05) is 25.1 Å². The molecule has 4 rings (SSSR count). The number of para-hydroxylation sites is 1. The van der Waals surface area contributed by atoms with E-state index in [0.717, 1.165) is 11.1 Å². The second-order valence-electron chi connectivity index (χ2n) is 8.09. The van der Waals surface area contributed by atoms with Crippen LogP contribution in [0.2, 0.25) is 0 Å². The highest BCUT2D eigenvalue weighted by Gasteiger charge is 2.40. The van der Waals surface area contributed by atoms with Crippen molar-refractivity contribution < 1.29 is 19.2 Å².